The van der Waals surface area contributed by atoms with E-state index in [0.717, 1.165) is 31.3 Å². The lowest BCUT2D eigenvalue weighted by Gasteiger charge is -2.43. The Morgan fingerprint density at radius 1 is 1.27 bits per heavy atom. The van der Waals surface area contributed by atoms with Crippen molar-refractivity contribution >= 4 is 0 Å². The van der Waals surface area contributed by atoms with Crippen molar-refractivity contribution in [2.24, 2.45) is 11.8 Å². The summed E-state index contributed by atoms with van der Waals surface area (Å²) in [6.45, 7) is 10.1. The van der Waals surface area contributed by atoms with Crippen LogP contribution in [-0.4, -0.2) is 37.5 Å². The van der Waals surface area contributed by atoms with E-state index in [1.54, 1.807) is 34.1 Å². The standard InChI is InChI=1S/C22H34O4/c1-15-9-7-10-16(2)19-17(13-12-15)18(11-8-14-22(3,4)23)20(24-5)26-21(19)25-6/h8-9,11,14,17,19-21,23H,2,7,10,12-13H2,1,3-6H3/b14-8+,15-9-,18-11+/t17-,19+,20+,21+/m1/s1. The normalized spacial score (nSPS) is 34.8. The summed E-state index contributed by atoms with van der Waals surface area (Å²) in [5.41, 5.74) is 2.81. The number of fused-ring (bicyclic) bond motifs is 1. The molecule has 2 aliphatic rings. The molecular weight excluding hydrogens is 328 g/mol. The van der Waals surface area contributed by atoms with E-state index in [1.807, 2.05) is 12.2 Å². The highest BCUT2D eigenvalue weighted by molar-refractivity contribution is 5.26. The molecule has 0 amide bonds. The van der Waals surface area contributed by atoms with E-state index in [9.17, 15) is 5.11 Å². The molecule has 2 rings (SSSR count). The van der Waals surface area contributed by atoms with Crippen LogP contribution in [0.4, 0.5) is 0 Å². The van der Waals surface area contributed by atoms with Crippen LogP contribution < -0.4 is 0 Å². The van der Waals surface area contributed by atoms with Crippen LogP contribution in [0.15, 0.2) is 47.6 Å². The molecule has 4 atom stereocenters. The molecule has 0 saturated carbocycles. The van der Waals surface area contributed by atoms with E-state index in [1.165, 1.54) is 11.1 Å². The van der Waals surface area contributed by atoms with E-state index in [4.69, 9.17) is 14.2 Å². The summed E-state index contributed by atoms with van der Waals surface area (Å²) >= 11 is 0. The van der Waals surface area contributed by atoms with Gasteiger partial charge in [0.1, 0.15) is 0 Å². The van der Waals surface area contributed by atoms with Gasteiger partial charge >= 0.3 is 0 Å². The van der Waals surface area contributed by atoms with Crippen LogP contribution in [0.25, 0.3) is 0 Å². The van der Waals surface area contributed by atoms with Gasteiger partial charge in [-0.05, 0) is 57.9 Å². The second kappa shape index (κ2) is 9.14. The molecule has 4 heteroatoms. The van der Waals surface area contributed by atoms with Gasteiger partial charge in [0, 0.05) is 20.1 Å². The van der Waals surface area contributed by atoms with Crippen molar-refractivity contribution < 1.29 is 19.3 Å². The van der Waals surface area contributed by atoms with Gasteiger partial charge in [0.15, 0.2) is 12.6 Å². The maximum atomic E-state index is 9.96. The molecule has 1 fully saturated rings. The Balaban J connectivity index is 2.42. The number of ether oxygens (including phenoxy) is 3. The Kier molecular flexibility index (Phi) is 7.42. The lowest BCUT2D eigenvalue weighted by molar-refractivity contribution is -0.256. The number of allylic oxidation sites excluding steroid dienone is 4. The van der Waals surface area contributed by atoms with Gasteiger partial charge in [0.25, 0.3) is 0 Å². The van der Waals surface area contributed by atoms with E-state index >= 15 is 0 Å². The van der Waals surface area contributed by atoms with Crippen LogP contribution in [-0.2, 0) is 14.2 Å². The molecule has 26 heavy (non-hydrogen) atoms. The third-order valence-electron chi connectivity index (χ3n) is 5.20. The topological polar surface area (TPSA) is 47.9 Å². The molecule has 1 N–H and O–H groups in total. The van der Waals surface area contributed by atoms with Crippen molar-refractivity contribution in [3.05, 3.63) is 47.6 Å². The Morgan fingerprint density at radius 2 is 2.00 bits per heavy atom. The molecule has 0 unspecified atom stereocenters. The Morgan fingerprint density at radius 3 is 2.62 bits per heavy atom. The lowest BCUT2D eigenvalue weighted by atomic mass is 9.75. The number of rotatable bonds is 4. The van der Waals surface area contributed by atoms with Gasteiger partial charge in [0.05, 0.1) is 5.60 Å². The second-order valence-electron chi connectivity index (χ2n) is 7.91. The first-order valence-corrected chi connectivity index (χ1v) is 9.43. The summed E-state index contributed by atoms with van der Waals surface area (Å²) < 4.78 is 17.4. The van der Waals surface area contributed by atoms with Crippen LogP contribution in [0.5, 0.6) is 0 Å². The summed E-state index contributed by atoms with van der Waals surface area (Å²) in [6, 6.07) is 0. The van der Waals surface area contributed by atoms with Crippen LogP contribution in [0, 0.1) is 11.8 Å². The maximum absolute atomic E-state index is 9.96. The molecule has 0 aromatic heterocycles. The zero-order chi connectivity index (χ0) is 19.3. The van der Waals surface area contributed by atoms with Gasteiger partial charge in [-0.25, -0.2) is 0 Å². The largest absolute Gasteiger partial charge is 0.386 e. The van der Waals surface area contributed by atoms with Crippen LogP contribution in [0.3, 0.4) is 0 Å². The Bertz CT molecular complexity index is 579. The first kappa shape index (κ1) is 21.1. The van der Waals surface area contributed by atoms with Gasteiger partial charge < -0.3 is 19.3 Å². The van der Waals surface area contributed by atoms with Gasteiger partial charge in [-0.1, -0.05) is 42.0 Å². The minimum absolute atomic E-state index is 0.104. The van der Waals surface area contributed by atoms with Crippen molar-refractivity contribution in [1.82, 2.24) is 0 Å². The number of methoxy groups -OCH3 is 2. The number of hydrogen-bond donors (Lipinski definition) is 1. The molecule has 1 heterocycles. The number of hydrogen-bond acceptors (Lipinski definition) is 4. The van der Waals surface area contributed by atoms with Crippen molar-refractivity contribution in [2.45, 2.75) is 64.6 Å². The molecule has 4 nitrogen and oxygen atoms in total. The third-order valence-corrected chi connectivity index (χ3v) is 5.20. The van der Waals surface area contributed by atoms with Gasteiger partial charge in [-0.15, -0.1) is 0 Å². The highest BCUT2D eigenvalue weighted by atomic mass is 16.8. The van der Waals surface area contributed by atoms with Crippen molar-refractivity contribution in [1.29, 1.82) is 0 Å². The molecule has 0 bridgehead atoms. The van der Waals surface area contributed by atoms with E-state index in [-0.39, 0.29) is 18.1 Å². The minimum atomic E-state index is -0.856. The van der Waals surface area contributed by atoms with Gasteiger partial charge in [0.2, 0.25) is 0 Å². The summed E-state index contributed by atoms with van der Waals surface area (Å²) in [5, 5.41) is 9.96. The van der Waals surface area contributed by atoms with Crippen molar-refractivity contribution in [3.63, 3.8) is 0 Å². The van der Waals surface area contributed by atoms with E-state index in [2.05, 4.69) is 19.6 Å². The van der Waals surface area contributed by atoms with Crippen LogP contribution in [0.1, 0.15) is 46.5 Å². The second-order valence-corrected chi connectivity index (χ2v) is 7.91. The predicted molar refractivity (Wildman–Crippen MR) is 105 cm³/mol. The van der Waals surface area contributed by atoms with E-state index in [0.29, 0.717) is 0 Å². The summed E-state index contributed by atoms with van der Waals surface area (Å²) in [4.78, 5) is 0. The summed E-state index contributed by atoms with van der Waals surface area (Å²) in [6.07, 6.45) is 11.2. The van der Waals surface area contributed by atoms with Gasteiger partial charge in [-0.3, -0.25) is 0 Å². The highest BCUT2D eigenvalue weighted by Gasteiger charge is 2.43. The lowest BCUT2D eigenvalue weighted by Crippen LogP contribution is -2.45. The average Bonchev–Trinajstić information content (AvgIpc) is 2.64. The third kappa shape index (κ3) is 5.40. The molecule has 1 saturated heterocycles. The SMILES string of the molecule is C=C1CC/C=C(/C)CC[C@@H]2/C(=C\C=C\C(C)(C)O)[C@@H](OC)O[C@H](OC)[C@@H]12. The molecule has 1 aliphatic heterocycles. The fraction of sp³-hybridized carbons (Fsp3) is 0.636. The summed E-state index contributed by atoms with van der Waals surface area (Å²) in [7, 11) is 3.33. The average molecular weight is 363 g/mol. The molecule has 1 aliphatic carbocycles. The summed E-state index contributed by atoms with van der Waals surface area (Å²) in [5.74, 6) is 0.339. The van der Waals surface area contributed by atoms with Crippen LogP contribution in [0.2, 0.25) is 0 Å². The molecule has 0 aromatic carbocycles. The van der Waals surface area contributed by atoms with Crippen molar-refractivity contribution in [2.75, 3.05) is 14.2 Å². The zero-order valence-corrected chi connectivity index (χ0v) is 16.8. The Labute approximate surface area is 158 Å². The molecule has 146 valence electrons. The maximum Gasteiger partial charge on any atom is 0.183 e. The monoisotopic (exact) mass is 362 g/mol. The fourth-order valence-electron chi connectivity index (χ4n) is 3.83. The van der Waals surface area contributed by atoms with Crippen molar-refractivity contribution in [3.8, 4) is 0 Å². The Hall–Kier alpha value is -1.20. The zero-order valence-electron chi connectivity index (χ0n) is 16.8. The molecule has 0 radical (unpaired) electrons. The number of aliphatic hydroxyl groups is 1. The first-order valence-electron chi connectivity index (χ1n) is 9.43. The highest BCUT2D eigenvalue weighted by Crippen LogP contribution is 2.44. The first-order chi connectivity index (χ1) is 12.3. The molecule has 0 aromatic rings. The smallest absolute Gasteiger partial charge is 0.183 e. The van der Waals surface area contributed by atoms with Gasteiger partial charge in [-0.2, -0.15) is 0 Å². The van der Waals surface area contributed by atoms with E-state index < -0.39 is 11.9 Å². The fourth-order valence-corrected chi connectivity index (χ4v) is 3.83. The van der Waals surface area contributed by atoms with Crippen LogP contribution >= 0.6 is 0 Å². The molecule has 0 spiro atoms. The quantitative estimate of drug-likeness (QED) is 0.747. The molecular formula is C22H34O4. The minimum Gasteiger partial charge on any atom is -0.386 e. The predicted octanol–water partition coefficient (Wildman–Crippen LogP) is 4.52.